The average molecular weight is 476 g/mol. The van der Waals surface area contributed by atoms with Gasteiger partial charge in [-0.25, -0.2) is 14.6 Å². The number of rotatable bonds is 9. The van der Waals surface area contributed by atoms with E-state index in [0.717, 1.165) is 40.9 Å². The summed E-state index contributed by atoms with van der Waals surface area (Å²) in [6, 6.07) is 13.5. The van der Waals surface area contributed by atoms with Gasteiger partial charge in [0, 0.05) is 54.3 Å². The molecule has 0 saturated carbocycles. The Labute approximate surface area is 203 Å². The summed E-state index contributed by atoms with van der Waals surface area (Å²) >= 11 is 0. The summed E-state index contributed by atoms with van der Waals surface area (Å²) in [5.41, 5.74) is 4.27. The van der Waals surface area contributed by atoms with Gasteiger partial charge in [0.15, 0.2) is 5.82 Å². The number of ether oxygens (including phenoxy) is 1. The lowest BCUT2D eigenvalue weighted by atomic mass is 10.0. The van der Waals surface area contributed by atoms with Crippen molar-refractivity contribution < 1.29 is 13.9 Å². The molecule has 2 aromatic heterocycles. The van der Waals surface area contributed by atoms with E-state index in [0.29, 0.717) is 23.5 Å². The molecule has 9 heteroatoms. The van der Waals surface area contributed by atoms with Crippen LogP contribution in [0.15, 0.2) is 58.0 Å². The number of fused-ring (bicyclic) bond motifs is 1. The van der Waals surface area contributed by atoms with Crippen molar-refractivity contribution in [3.63, 3.8) is 0 Å². The zero-order valence-corrected chi connectivity index (χ0v) is 20.1. The first-order valence-corrected chi connectivity index (χ1v) is 11.7. The summed E-state index contributed by atoms with van der Waals surface area (Å²) < 4.78 is 10.9. The van der Waals surface area contributed by atoms with Gasteiger partial charge in [-0.1, -0.05) is 18.2 Å². The lowest BCUT2D eigenvalue weighted by Crippen LogP contribution is -2.25. The van der Waals surface area contributed by atoms with Gasteiger partial charge in [-0.3, -0.25) is 5.10 Å². The molecule has 2 heterocycles. The van der Waals surface area contributed by atoms with Gasteiger partial charge in [0.2, 0.25) is 0 Å². The van der Waals surface area contributed by atoms with E-state index in [1.807, 2.05) is 49.4 Å². The predicted octanol–water partition coefficient (Wildman–Crippen LogP) is 4.20. The molecule has 0 atom stereocenters. The maximum Gasteiger partial charge on any atom is 0.407 e. The topological polar surface area (TPSA) is 113 Å². The number of nitrogens with zero attached hydrogens (tertiary/aromatic N) is 3. The summed E-state index contributed by atoms with van der Waals surface area (Å²) in [5.74, 6) is 0.586. The fourth-order valence-electron chi connectivity index (χ4n) is 4.10. The Morgan fingerprint density at radius 3 is 2.74 bits per heavy atom. The highest BCUT2D eigenvalue weighted by molar-refractivity contribution is 5.84. The van der Waals surface area contributed by atoms with Crippen molar-refractivity contribution in [3.8, 4) is 11.4 Å². The number of aromatic amines is 1. The minimum absolute atomic E-state index is 0.0672. The normalized spacial score (nSPS) is 10.9. The van der Waals surface area contributed by atoms with Gasteiger partial charge in [-0.2, -0.15) is 5.10 Å². The Bertz CT molecular complexity index is 1360. The number of hydrogen-bond donors (Lipinski definition) is 2. The minimum Gasteiger partial charge on any atom is -0.449 e. The summed E-state index contributed by atoms with van der Waals surface area (Å²) in [5, 5.41) is 10.4. The van der Waals surface area contributed by atoms with Crippen molar-refractivity contribution in [2.75, 3.05) is 24.6 Å². The Balaban J connectivity index is 1.35. The number of aryl methyl sites for hydroxylation is 1. The van der Waals surface area contributed by atoms with Crippen LogP contribution in [-0.2, 0) is 17.7 Å². The van der Waals surface area contributed by atoms with Crippen LogP contribution < -0.4 is 15.8 Å². The van der Waals surface area contributed by atoms with Crippen LogP contribution in [0.2, 0.25) is 0 Å². The van der Waals surface area contributed by atoms with E-state index in [9.17, 15) is 9.59 Å². The Hall–Kier alpha value is -4.14. The van der Waals surface area contributed by atoms with Crippen molar-refractivity contribution in [3.05, 3.63) is 75.9 Å². The van der Waals surface area contributed by atoms with E-state index < -0.39 is 11.7 Å². The maximum atomic E-state index is 12.6. The highest BCUT2D eigenvalue weighted by Gasteiger charge is 2.14. The highest BCUT2D eigenvalue weighted by atomic mass is 16.5. The van der Waals surface area contributed by atoms with Crippen LogP contribution in [0, 0.1) is 6.92 Å². The second kappa shape index (κ2) is 10.9. The molecule has 35 heavy (non-hydrogen) atoms. The van der Waals surface area contributed by atoms with E-state index in [1.165, 1.54) is 6.33 Å². The Morgan fingerprint density at radius 1 is 1.17 bits per heavy atom. The third kappa shape index (κ3) is 5.51. The zero-order chi connectivity index (χ0) is 24.8. The molecule has 0 saturated heterocycles. The molecule has 0 radical (unpaired) electrons. The van der Waals surface area contributed by atoms with E-state index in [1.54, 1.807) is 0 Å². The lowest BCUT2D eigenvalue weighted by molar-refractivity contribution is 0.146. The van der Waals surface area contributed by atoms with Gasteiger partial charge in [0.1, 0.15) is 11.9 Å². The smallest absolute Gasteiger partial charge is 0.407 e. The van der Waals surface area contributed by atoms with Crippen LogP contribution in [0.3, 0.4) is 0 Å². The highest BCUT2D eigenvalue weighted by Crippen LogP contribution is 2.25. The summed E-state index contributed by atoms with van der Waals surface area (Å²) in [7, 11) is 0. The average Bonchev–Trinajstić information content (AvgIpc) is 3.41. The monoisotopic (exact) mass is 475 g/mol. The molecule has 0 bridgehead atoms. The number of nitrogens with one attached hydrogen (secondary N) is 2. The number of carbonyl (C=O) groups excluding carboxylic acids is 1. The number of H-pyrrole nitrogens is 1. The first-order valence-electron chi connectivity index (χ1n) is 11.7. The van der Waals surface area contributed by atoms with Crippen LogP contribution in [0.4, 0.5) is 10.5 Å². The van der Waals surface area contributed by atoms with Crippen molar-refractivity contribution in [2.45, 2.75) is 33.7 Å². The SMILES string of the molecule is CCN(CC)c1ccc2c(C)c(CCOC(=O)NCc3cccc(-c4nc[nH]n4)c3)c(=O)oc2c1. The third-order valence-corrected chi connectivity index (χ3v) is 6.02. The molecule has 0 aliphatic rings. The molecule has 0 fully saturated rings. The molecule has 0 spiro atoms. The number of hydrogen-bond acceptors (Lipinski definition) is 7. The van der Waals surface area contributed by atoms with Crippen molar-refractivity contribution in [1.82, 2.24) is 20.5 Å². The number of aromatic nitrogens is 3. The zero-order valence-electron chi connectivity index (χ0n) is 20.1. The number of benzene rings is 2. The number of anilines is 1. The van der Waals surface area contributed by atoms with Crippen LogP contribution in [0.1, 0.15) is 30.5 Å². The predicted molar refractivity (Wildman–Crippen MR) is 134 cm³/mol. The van der Waals surface area contributed by atoms with E-state index in [4.69, 9.17) is 9.15 Å². The molecule has 0 unspecified atom stereocenters. The van der Waals surface area contributed by atoms with Crippen LogP contribution >= 0.6 is 0 Å². The van der Waals surface area contributed by atoms with Crippen molar-refractivity contribution in [2.24, 2.45) is 0 Å². The summed E-state index contributed by atoms with van der Waals surface area (Å²) in [4.78, 5) is 31.2. The van der Waals surface area contributed by atoms with Gasteiger partial charge in [-0.15, -0.1) is 0 Å². The number of carbonyl (C=O) groups is 1. The Morgan fingerprint density at radius 2 is 2.00 bits per heavy atom. The second-order valence-electron chi connectivity index (χ2n) is 8.11. The standard InChI is InChI=1S/C26H29N5O4/c1-4-31(5-2)20-9-10-21-17(3)22(25(32)35-23(21)14-20)11-12-34-26(33)27-15-18-7-6-8-19(13-18)24-28-16-29-30-24/h6-10,13-14,16H,4-5,11-12,15H2,1-3H3,(H,27,33)(H,28,29,30). The van der Waals surface area contributed by atoms with Crippen LogP contribution in [0.5, 0.6) is 0 Å². The van der Waals surface area contributed by atoms with E-state index in [2.05, 4.69) is 39.2 Å². The summed E-state index contributed by atoms with van der Waals surface area (Å²) in [6.45, 7) is 8.17. The molecule has 2 aromatic carbocycles. The minimum atomic E-state index is -0.556. The van der Waals surface area contributed by atoms with E-state index >= 15 is 0 Å². The Kier molecular flexibility index (Phi) is 7.45. The van der Waals surface area contributed by atoms with Gasteiger partial charge in [0.05, 0.1) is 6.61 Å². The van der Waals surface area contributed by atoms with Gasteiger partial charge < -0.3 is 19.4 Å². The molecular weight excluding hydrogens is 446 g/mol. The van der Waals surface area contributed by atoms with Crippen molar-refractivity contribution in [1.29, 1.82) is 0 Å². The first kappa shape index (κ1) is 24.0. The lowest BCUT2D eigenvalue weighted by Gasteiger charge is -2.21. The summed E-state index contributed by atoms with van der Waals surface area (Å²) in [6.07, 6.45) is 1.23. The van der Waals surface area contributed by atoms with Crippen LogP contribution in [0.25, 0.3) is 22.4 Å². The van der Waals surface area contributed by atoms with Gasteiger partial charge in [0.25, 0.3) is 0 Å². The molecule has 0 aliphatic carbocycles. The fourth-order valence-corrected chi connectivity index (χ4v) is 4.10. The van der Waals surface area contributed by atoms with Gasteiger partial charge >= 0.3 is 11.7 Å². The molecule has 4 rings (SSSR count). The second-order valence-corrected chi connectivity index (χ2v) is 8.11. The maximum absolute atomic E-state index is 12.6. The fraction of sp³-hybridized carbons (Fsp3) is 0.308. The number of alkyl carbamates (subject to hydrolysis) is 1. The molecule has 2 N–H and O–H groups in total. The van der Waals surface area contributed by atoms with Crippen molar-refractivity contribution >= 4 is 22.7 Å². The largest absolute Gasteiger partial charge is 0.449 e. The molecule has 0 aliphatic heterocycles. The van der Waals surface area contributed by atoms with E-state index in [-0.39, 0.29) is 13.0 Å². The molecule has 9 nitrogen and oxygen atoms in total. The third-order valence-electron chi connectivity index (χ3n) is 6.02. The first-order chi connectivity index (χ1) is 17.0. The molecule has 1 amide bonds. The van der Waals surface area contributed by atoms with Crippen LogP contribution in [-0.4, -0.2) is 41.0 Å². The van der Waals surface area contributed by atoms with Gasteiger partial charge in [-0.05, 0) is 50.1 Å². The molecule has 4 aromatic rings. The quantitative estimate of drug-likeness (QED) is 0.349. The molecule has 182 valence electrons. The molecular formula is C26H29N5O4. The number of amides is 1.